The number of carbonyl (C=O) groups excluding carboxylic acids is 1. The molecular weight excluding hydrogens is 352 g/mol. The van der Waals surface area contributed by atoms with Crippen LogP contribution in [0.5, 0.6) is 0 Å². The topological polar surface area (TPSA) is 41.1 Å². The van der Waals surface area contributed by atoms with Crippen LogP contribution in [0.1, 0.15) is 24.1 Å². The fourth-order valence-electron chi connectivity index (χ4n) is 2.95. The Morgan fingerprint density at radius 2 is 1.44 bits per heavy atom. The lowest BCUT2D eigenvalue weighted by atomic mass is 9.98. The van der Waals surface area contributed by atoms with Crippen LogP contribution in [0.4, 0.5) is 5.69 Å². The molecule has 0 radical (unpaired) electrons. The van der Waals surface area contributed by atoms with Crippen LogP contribution in [0, 0.1) is 0 Å². The van der Waals surface area contributed by atoms with Crippen LogP contribution in [0.15, 0.2) is 89.8 Å². The smallest absolute Gasteiger partial charge is 0.242 e. The molecule has 0 heterocycles. The molecule has 138 valence electrons. The quantitative estimate of drug-likeness (QED) is 0.563. The number of carbonyl (C=O) groups is 1. The van der Waals surface area contributed by atoms with Gasteiger partial charge in [0, 0.05) is 10.6 Å². The highest BCUT2D eigenvalue weighted by atomic mass is 32.2. The van der Waals surface area contributed by atoms with Gasteiger partial charge in [-0.25, -0.2) is 0 Å². The van der Waals surface area contributed by atoms with E-state index in [-0.39, 0.29) is 18.0 Å². The molecule has 1 amide bonds. The van der Waals surface area contributed by atoms with Crippen LogP contribution < -0.4 is 10.6 Å². The Kier molecular flexibility index (Phi) is 6.55. The molecular formula is C23H24N2OS. The van der Waals surface area contributed by atoms with Gasteiger partial charge in [0.2, 0.25) is 5.91 Å². The predicted molar refractivity (Wildman–Crippen MR) is 114 cm³/mol. The van der Waals surface area contributed by atoms with Crippen LogP contribution in [0.2, 0.25) is 0 Å². The molecule has 0 saturated heterocycles. The largest absolute Gasteiger partial charge is 0.374 e. The van der Waals surface area contributed by atoms with Gasteiger partial charge in [-0.1, -0.05) is 66.7 Å². The fourth-order valence-corrected chi connectivity index (χ4v) is 3.41. The molecule has 4 heteroatoms. The second kappa shape index (κ2) is 9.28. The summed E-state index contributed by atoms with van der Waals surface area (Å²) in [6, 6.07) is 27.7. The van der Waals surface area contributed by atoms with Gasteiger partial charge in [0.05, 0.1) is 6.04 Å². The van der Waals surface area contributed by atoms with Gasteiger partial charge in [-0.15, -0.1) is 11.8 Å². The first-order valence-corrected chi connectivity index (χ1v) is 10.2. The summed E-state index contributed by atoms with van der Waals surface area (Å²) in [4.78, 5) is 14.0. The summed E-state index contributed by atoms with van der Waals surface area (Å²) in [6.07, 6.45) is 2.04. The Labute approximate surface area is 165 Å². The van der Waals surface area contributed by atoms with Gasteiger partial charge in [-0.05, 0) is 42.5 Å². The molecule has 2 N–H and O–H groups in total. The molecule has 1 atom stereocenters. The molecule has 0 aliphatic carbocycles. The molecule has 3 aromatic carbocycles. The standard InChI is InChI=1S/C23H24N2OS/c1-17(24-20-14-9-15-21(16-20)27-2)23(26)25-22(18-10-5-3-6-11-18)19-12-7-4-8-13-19/h3-17,22,24H,1-2H3,(H,25,26)/t17-/m1/s1. The van der Waals surface area contributed by atoms with Crippen LogP contribution in [-0.2, 0) is 4.79 Å². The van der Waals surface area contributed by atoms with Gasteiger partial charge in [0.15, 0.2) is 0 Å². The minimum absolute atomic E-state index is 0.0396. The molecule has 3 aromatic rings. The highest BCUT2D eigenvalue weighted by Gasteiger charge is 2.20. The second-order valence-electron chi connectivity index (χ2n) is 6.36. The van der Waals surface area contributed by atoms with E-state index in [9.17, 15) is 4.79 Å². The Balaban J connectivity index is 1.76. The maximum atomic E-state index is 12.9. The summed E-state index contributed by atoms with van der Waals surface area (Å²) in [5, 5.41) is 6.49. The van der Waals surface area contributed by atoms with Crippen molar-refractivity contribution in [1.29, 1.82) is 0 Å². The number of nitrogens with one attached hydrogen (secondary N) is 2. The molecule has 3 nitrogen and oxygen atoms in total. The van der Waals surface area contributed by atoms with Crippen molar-refractivity contribution in [2.45, 2.75) is 23.9 Å². The van der Waals surface area contributed by atoms with E-state index in [4.69, 9.17) is 0 Å². The maximum Gasteiger partial charge on any atom is 0.242 e. The highest BCUT2D eigenvalue weighted by molar-refractivity contribution is 7.98. The molecule has 0 aromatic heterocycles. The molecule has 0 bridgehead atoms. The minimum Gasteiger partial charge on any atom is -0.374 e. The number of hydrogen-bond donors (Lipinski definition) is 2. The first kappa shape index (κ1) is 19.1. The third kappa shape index (κ3) is 5.14. The van der Waals surface area contributed by atoms with Gasteiger partial charge in [0.1, 0.15) is 6.04 Å². The minimum atomic E-state index is -0.350. The average Bonchev–Trinajstić information content (AvgIpc) is 2.73. The van der Waals surface area contributed by atoms with Crippen molar-refractivity contribution in [2.24, 2.45) is 0 Å². The summed E-state index contributed by atoms with van der Waals surface area (Å²) in [7, 11) is 0. The highest BCUT2D eigenvalue weighted by Crippen LogP contribution is 2.23. The zero-order valence-corrected chi connectivity index (χ0v) is 16.4. The zero-order valence-electron chi connectivity index (χ0n) is 15.6. The monoisotopic (exact) mass is 376 g/mol. The van der Waals surface area contributed by atoms with Crippen LogP contribution >= 0.6 is 11.8 Å². The lowest BCUT2D eigenvalue weighted by molar-refractivity contribution is -0.122. The third-order valence-electron chi connectivity index (χ3n) is 4.40. The van der Waals surface area contributed by atoms with E-state index >= 15 is 0 Å². The Morgan fingerprint density at radius 1 is 0.852 bits per heavy atom. The number of rotatable bonds is 7. The molecule has 0 fully saturated rings. The van der Waals surface area contributed by atoms with Crippen LogP contribution in [0.25, 0.3) is 0 Å². The molecule has 0 aliphatic heterocycles. The SMILES string of the molecule is CSc1cccc(N[C@H](C)C(=O)NC(c2ccccc2)c2ccccc2)c1. The number of amides is 1. The van der Waals surface area contributed by atoms with E-state index in [0.717, 1.165) is 16.8 Å². The third-order valence-corrected chi connectivity index (χ3v) is 5.12. The first-order valence-electron chi connectivity index (χ1n) is 8.98. The van der Waals surface area contributed by atoms with Crippen molar-refractivity contribution in [2.75, 3.05) is 11.6 Å². The summed E-state index contributed by atoms with van der Waals surface area (Å²) in [5.41, 5.74) is 3.07. The van der Waals surface area contributed by atoms with Crippen molar-refractivity contribution >= 4 is 23.4 Å². The van der Waals surface area contributed by atoms with Gasteiger partial charge in [-0.2, -0.15) is 0 Å². The van der Waals surface area contributed by atoms with Gasteiger partial charge >= 0.3 is 0 Å². The number of anilines is 1. The van der Waals surface area contributed by atoms with Crippen molar-refractivity contribution in [3.05, 3.63) is 96.1 Å². The van der Waals surface area contributed by atoms with Gasteiger partial charge in [0.25, 0.3) is 0 Å². The normalized spacial score (nSPS) is 11.8. The van der Waals surface area contributed by atoms with Crippen molar-refractivity contribution in [3.8, 4) is 0 Å². The summed E-state index contributed by atoms with van der Waals surface area (Å²) < 4.78 is 0. The number of benzene rings is 3. The summed E-state index contributed by atoms with van der Waals surface area (Å²) in [6.45, 7) is 1.88. The summed E-state index contributed by atoms with van der Waals surface area (Å²) in [5.74, 6) is -0.0396. The number of thioether (sulfide) groups is 1. The van der Waals surface area contributed by atoms with E-state index in [0.29, 0.717) is 0 Å². The maximum absolute atomic E-state index is 12.9. The molecule has 0 aliphatic rings. The van der Waals surface area contributed by atoms with Crippen LogP contribution in [-0.4, -0.2) is 18.2 Å². The van der Waals surface area contributed by atoms with Crippen LogP contribution in [0.3, 0.4) is 0 Å². The second-order valence-corrected chi connectivity index (χ2v) is 7.24. The molecule has 0 unspecified atom stereocenters. The average molecular weight is 377 g/mol. The van der Waals surface area contributed by atoms with E-state index in [1.165, 1.54) is 4.90 Å². The fraction of sp³-hybridized carbons (Fsp3) is 0.174. The van der Waals surface area contributed by atoms with Crippen molar-refractivity contribution in [3.63, 3.8) is 0 Å². The predicted octanol–water partition coefficient (Wildman–Crippen LogP) is 5.11. The van der Waals surface area contributed by atoms with Crippen molar-refractivity contribution < 1.29 is 4.79 Å². The van der Waals surface area contributed by atoms with Gasteiger partial charge < -0.3 is 10.6 Å². The Morgan fingerprint density at radius 3 is 2.00 bits per heavy atom. The lowest BCUT2D eigenvalue weighted by Gasteiger charge is -2.23. The molecule has 0 spiro atoms. The summed E-state index contributed by atoms with van der Waals surface area (Å²) >= 11 is 1.68. The first-order chi connectivity index (χ1) is 13.2. The van der Waals surface area contributed by atoms with E-state index in [1.54, 1.807) is 11.8 Å². The molecule has 0 saturated carbocycles. The zero-order chi connectivity index (χ0) is 19.1. The molecule has 27 heavy (non-hydrogen) atoms. The van der Waals surface area contributed by atoms with E-state index in [2.05, 4.69) is 22.8 Å². The lowest BCUT2D eigenvalue weighted by Crippen LogP contribution is -2.40. The number of hydrogen-bond acceptors (Lipinski definition) is 3. The van der Waals surface area contributed by atoms with Crippen molar-refractivity contribution in [1.82, 2.24) is 5.32 Å². The van der Waals surface area contributed by atoms with Gasteiger partial charge in [-0.3, -0.25) is 4.79 Å². The Hall–Kier alpha value is -2.72. The van der Waals surface area contributed by atoms with E-state index in [1.807, 2.05) is 86.0 Å². The Bertz CT molecular complexity index is 828. The van der Waals surface area contributed by atoms with E-state index < -0.39 is 0 Å². The molecule has 3 rings (SSSR count).